The van der Waals surface area contributed by atoms with E-state index in [0.717, 1.165) is 5.56 Å². The molecule has 6 nitrogen and oxygen atoms in total. The van der Waals surface area contributed by atoms with Crippen LogP contribution in [0, 0.1) is 18.3 Å². The molecule has 0 saturated heterocycles. The molecule has 0 radical (unpaired) electrons. The average Bonchev–Trinajstić information content (AvgIpc) is 2.61. The molecule has 25 heavy (non-hydrogen) atoms. The summed E-state index contributed by atoms with van der Waals surface area (Å²) in [4.78, 5) is 23.4. The number of ether oxygens (including phenoxy) is 2. The van der Waals surface area contributed by atoms with E-state index in [-0.39, 0.29) is 6.61 Å². The van der Waals surface area contributed by atoms with Crippen LogP contribution in [0.4, 0.5) is 5.69 Å². The molecule has 0 fully saturated rings. The van der Waals surface area contributed by atoms with Gasteiger partial charge in [0, 0.05) is 10.7 Å². The summed E-state index contributed by atoms with van der Waals surface area (Å²) < 4.78 is 10.1. The van der Waals surface area contributed by atoms with Gasteiger partial charge in [-0.25, -0.2) is 4.79 Å². The summed E-state index contributed by atoms with van der Waals surface area (Å²) in [5.41, 5.74) is 1.70. The van der Waals surface area contributed by atoms with Gasteiger partial charge in [-0.2, -0.15) is 5.26 Å². The molecule has 0 aromatic heterocycles. The van der Waals surface area contributed by atoms with E-state index in [0.29, 0.717) is 22.0 Å². The van der Waals surface area contributed by atoms with Crippen LogP contribution in [0.2, 0.25) is 5.02 Å². The van der Waals surface area contributed by atoms with Crippen molar-refractivity contribution >= 4 is 29.2 Å². The Hall–Kier alpha value is -3.04. The van der Waals surface area contributed by atoms with Gasteiger partial charge in [-0.1, -0.05) is 17.7 Å². The molecule has 0 unspecified atom stereocenters. The lowest BCUT2D eigenvalue weighted by Crippen LogP contribution is -2.23. The van der Waals surface area contributed by atoms with Crippen molar-refractivity contribution in [2.24, 2.45) is 0 Å². The highest BCUT2D eigenvalue weighted by Crippen LogP contribution is 2.20. The summed E-state index contributed by atoms with van der Waals surface area (Å²) in [5, 5.41) is 11.9. The zero-order chi connectivity index (χ0) is 18.2. The fraction of sp³-hybridized carbons (Fsp3) is 0.167. The third kappa shape index (κ3) is 5.83. The van der Waals surface area contributed by atoms with Crippen LogP contribution in [-0.2, 0) is 14.3 Å². The van der Waals surface area contributed by atoms with Crippen molar-refractivity contribution in [3.05, 3.63) is 58.6 Å². The molecular formula is C18H15ClN2O4. The SMILES string of the molecule is Cc1cc(OCC(=O)OCC(=O)Nc2cccc(C#N)c2)ccc1Cl. The van der Waals surface area contributed by atoms with E-state index in [4.69, 9.17) is 26.3 Å². The fourth-order valence-electron chi connectivity index (χ4n) is 1.90. The molecule has 0 spiro atoms. The average molecular weight is 359 g/mol. The van der Waals surface area contributed by atoms with Crippen LogP contribution >= 0.6 is 11.6 Å². The van der Waals surface area contributed by atoms with Gasteiger partial charge in [-0.05, 0) is 48.9 Å². The molecular weight excluding hydrogens is 344 g/mol. The minimum atomic E-state index is -0.673. The lowest BCUT2D eigenvalue weighted by Gasteiger charge is -2.09. The maximum Gasteiger partial charge on any atom is 0.344 e. The standard InChI is InChI=1S/C18H15ClN2O4/c1-12-7-15(5-6-16(12)19)24-11-18(23)25-10-17(22)21-14-4-2-3-13(8-14)9-20/h2-8H,10-11H2,1H3,(H,21,22). The molecule has 0 aliphatic carbocycles. The largest absolute Gasteiger partial charge is 0.482 e. The van der Waals surface area contributed by atoms with E-state index in [1.54, 1.807) is 36.4 Å². The van der Waals surface area contributed by atoms with Gasteiger partial charge in [0.25, 0.3) is 5.91 Å². The van der Waals surface area contributed by atoms with Gasteiger partial charge in [0.1, 0.15) is 5.75 Å². The second-order valence-corrected chi connectivity index (χ2v) is 5.51. The predicted molar refractivity (Wildman–Crippen MR) is 92.4 cm³/mol. The Morgan fingerprint density at radius 3 is 2.72 bits per heavy atom. The highest BCUT2D eigenvalue weighted by atomic mass is 35.5. The van der Waals surface area contributed by atoms with Gasteiger partial charge in [0.05, 0.1) is 11.6 Å². The summed E-state index contributed by atoms with van der Waals surface area (Å²) in [6.45, 7) is 1.05. The van der Waals surface area contributed by atoms with Gasteiger partial charge >= 0.3 is 5.97 Å². The zero-order valence-corrected chi connectivity index (χ0v) is 14.2. The van der Waals surface area contributed by atoms with Crippen LogP contribution in [-0.4, -0.2) is 25.1 Å². The molecule has 0 aliphatic heterocycles. The molecule has 7 heteroatoms. The zero-order valence-electron chi connectivity index (χ0n) is 13.4. The van der Waals surface area contributed by atoms with E-state index in [1.807, 2.05) is 13.0 Å². The summed E-state index contributed by atoms with van der Waals surface area (Å²) >= 11 is 5.90. The number of esters is 1. The first-order chi connectivity index (χ1) is 12.0. The van der Waals surface area contributed by atoms with Crippen LogP contribution in [0.15, 0.2) is 42.5 Å². The van der Waals surface area contributed by atoms with E-state index >= 15 is 0 Å². The summed E-state index contributed by atoms with van der Waals surface area (Å²) in [5.74, 6) is -0.698. The lowest BCUT2D eigenvalue weighted by atomic mass is 10.2. The Morgan fingerprint density at radius 2 is 2.00 bits per heavy atom. The molecule has 1 N–H and O–H groups in total. The number of benzene rings is 2. The molecule has 2 aromatic rings. The lowest BCUT2D eigenvalue weighted by molar-refractivity contribution is -0.149. The second-order valence-electron chi connectivity index (χ2n) is 5.10. The van der Waals surface area contributed by atoms with E-state index in [9.17, 15) is 9.59 Å². The number of hydrogen-bond donors (Lipinski definition) is 1. The third-order valence-electron chi connectivity index (χ3n) is 3.13. The van der Waals surface area contributed by atoms with Gasteiger partial charge < -0.3 is 14.8 Å². The number of carbonyl (C=O) groups excluding carboxylic acids is 2. The van der Waals surface area contributed by atoms with Gasteiger partial charge in [-0.15, -0.1) is 0 Å². The highest BCUT2D eigenvalue weighted by Gasteiger charge is 2.09. The van der Waals surface area contributed by atoms with Crippen LogP contribution in [0.1, 0.15) is 11.1 Å². The number of amides is 1. The van der Waals surface area contributed by atoms with Gasteiger partial charge in [-0.3, -0.25) is 4.79 Å². The second kappa shape index (κ2) is 8.71. The number of halogens is 1. The molecule has 0 aliphatic rings. The summed E-state index contributed by atoms with van der Waals surface area (Å²) in [6, 6.07) is 13.4. The van der Waals surface area contributed by atoms with E-state index in [2.05, 4.69) is 5.32 Å². The third-order valence-corrected chi connectivity index (χ3v) is 3.55. The van der Waals surface area contributed by atoms with Crippen molar-refractivity contribution in [1.82, 2.24) is 0 Å². The Balaban J connectivity index is 1.76. The molecule has 2 aromatic carbocycles. The number of hydrogen-bond acceptors (Lipinski definition) is 5. The van der Waals surface area contributed by atoms with Crippen molar-refractivity contribution in [2.45, 2.75) is 6.92 Å². The molecule has 0 saturated carbocycles. The van der Waals surface area contributed by atoms with Crippen molar-refractivity contribution in [3.8, 4) is 11.8 Å². The predicted octanol–water partition coefficient (Wildman–Crippen LogP) is 3.08. The minimum Gasteiger partial charge on any atom is -0.482 e. The Morgan fingerprint density at radius 1 is 1.20 bits per heavy atom. The van der Waals surface area contributed by atoms with Gasteiger partial charge in [0.15, 0.2) is 13.2 Å². The fourth-order valence-corrected chi connectivity index (χ4v) is 2.02. The van der Waals surface area contributed by atoms with Crippen molar-refractivity contribution in [2.75, 3.05) is 18.5 Å². The van der Waals surface area contributed by atoms with Crippen LogP contribution < -0.4 is 10.1 Å². The molecule has 0 bridgehead atoms. The van der Waals surface area contributed by atoms with Crippen molar-refractivity contribution < 1.29 is 19.1 Å². The summed E-state index contributed by atoms with van der Waals surface area (Å²) in [6.07, 6.45) is 0. The van der Waals surface area contributed by atoms with Crippen molar-refractivity contribution in [1.29, 1.82) is 5.26 Å². The Bertz CT molecular complexity index is 830. The van der Waals surface area contributed by atoms with Crippen LogP contribution in [0.5, 0.6) is 5.75 Å². The number of carbonyl (C=O) groups is 2. The van der Waals surface area contributed by atoms with E-state index < -0.39 is 18.5 Å². The monoisotopic (exact) mass is 358 g/mol. The number of rotatable bonds is 6. The number of nitrogens with one attached hydrogen (secondary N) is 1. The number of aryl methyl sites for hydroxylation is 1. The first-order valence-corrected chi connectivity index (χ1v) is 7.70. The maximum atomic E-state index is 11.7. The first-order valence-electron chi connectivity index (χ1n) is 7.32. The van der Waals surface area contributed by atoms with Gasteiger partial charge in [0.2, 0.25) is 0 Å². The first kappa shape index (κ1) is 18.3. The Kier molecular flexibility index (Phi) is 6.38. The Labute approximate surface area is 149 Å². The molecule has 2 rings (SSSR count). The van der Waals surface area contributed by atoms with Crippen molar-refractivity contribution in [3.63, 3.8) is 0 Å². The number of anilines is 1. The smallest absolute Gasteiger partial charge is 0.344 e. The minimum absolute atomic E-state index is 0.321. The van der Waals surface area contributed by atoms with Crippen LogP contribution in [0.3, 0.4) is 0 Å². The molecule has 0 heterocycles. The quantitative estimate of drug-likeness (QED) is 0.801. The normalized spacial score (nSPS) is 9.80. The topological polar surface area (TPSA) is 88.4 Å². The van der Waals surface area contributed by atoms with E-state index in [1.165, 1.54) is 6.07 Å². The highest BCUT2D eigenvalue weighted by molar-refractivity contribution is 6.31. The molecule has 128 valence electrons. The summed E-state index contributed by atoms with van der Waals surface area (Å²) in [7, 11) is 0. The maximum absolute atomic E-state index is 11.7. The molecule has 1 amide bonds. The molecule has 0 atom stereocenters. The number of nitriles is 1. The number of nitrogens with zero attached hydrogens (tertiary/aromatic N) is 1. The van der Waals surface area contributed by atoms with Crippen LogP contribution in [0.25, 0.3) is 0 Å².